The summed E-state index contributed by atoms with van der Waals surface area (Å²) in [5.74, 6) is 1.000. The van der Waals surface area contributed by atoms with E-state index in [1.807, 2.05) is 0 Å². The zero-order valence-electron chi connectivity index (χ0n) is 12.9. The van der Waals surface area contributed by atoms with Crippen molar-refractivity contribution in [3.63, 3.8) is 0 Å². The fourth-order valence-electron chi connectivity index (χ4n) is 3.81. The van der Waals surface area contributed by atoms with E-state index in [-0.39, 0.29) is 0 Å². The highest BCUT2D eigenvalue weighted by molar-refractivity contribution is 7.12. The van der Waals surface area contributed by atoms with Gasteiger partial charge in [0.15, 0.2) is 0 Å². The first-order valence-corrected chi connectivity index (χ1v) is 9.49. The van der Waals surface area contributed by atoms with Crippen LogP contribution >= 0.6 is 11.3 Å². The molecule has 1 saturated carbocycles. The third kappa shape index (κ3) is 3.65. The van der Waals surface area contributed by atoms with Gasteiger partial charge in [-0.1, -0.05) is 32.1 Å². The highest BCUT2D eigenvalue weighted by atomic mass is 32.1. The SMILES string of the molecule is CC(NCCC1CCCCC1)c1cc2c(s1)CCCC2. The number of aryl methyl sites for hydroxylation is 2. The molecule has 0 saturated heterocycles. The Labute approximate surface area is 128 Å². The molecule has 2 aliphatic carbocycles. The number of thiophene rings is 1. The van der Waals surface area contributed by atoms with Gasteiger partial charge < -0.3 is 5.32 Å². The Kier molecular flexibility index (Phi) is 5.17. The fraction of sp³-hybridized carbons (Fsp3) is 0.778. The van der Waals surface area contributed by atoms with E-state index in [4.69, 9.17) is 0 Å². The molecule has 0 aliphatic heterocycles. The number of hydrogen-bond acceptors (Lipinski definition) is 2. The zero-order chi connectivity index (χ0) is 13.8. The number of rotatable bonds is 5. The molecule has 20 heavy (non-hydrogen) atoms. The molecule has 1 aromatic rings. The molecule has 1 aromatic heterocycles. The Morgan fingerprint density at radius 1 is 1.15 bits per heavy atom. The first-order valence-electron chi connectivity index (χ1n) is 8.68. The van der Waals surface area contributed by atoms with Crippen LogP contribution in [-0.4, -0.2) is 6.54 Å². The van der Waals surface area contributed by atoms with E-state index < -0.39 is 0 Å². The number of nitrogens with one attached hydrogen (secondary N) is 1. The largest absolute Gasteiger partial charge is 0.309 e. The summed E-state index contributed by atoms with van der Waals surface area (Å²) in [5, 5.41) is 3.77. The van der Waals surface area contributed by atoms with Gasteiger partial charge in [0.1, 0.15) is 0 Å². The summed E-state index contributed by atoms with van der Waals surface area (Å²) >= 11 is 2.07. The van der Waals surface area contributed by atoms with Crippen LogP contribution in [0.2, 0.25) is 0 Å². The Morgan fingerprint density at radius 3 is 2.75 bits per heavy atom. The van der Waals surface area contributed by atoms with Crippen molar-refractivity contribution in [1.82, 2.24) is 5.32 Å². The van der Waals surface area contributed by atoms with E-state index in [1.54, 1.807) is 15.3 Å². The van der Waals surface area contributed by atoms with Gasteiger partial charge in [-0.3, -0.25) is 0 Å². The second-order valence-electron chi connectivity index (χ2n) is 6.77. The standard InChI is InChI=1S/C18H29NS/c1-14(19-12-11-15-7-3-2-4-8-15)18-13-16-9-5-6-10-17(16)20-18/h13-15,19H,2-12H2,1H3. The molecule has 0 amide bonds. The Balaban J connectivity index is 1.46. The molecule has 112 valence electrons. The average molecular weight is 292 g/mol. The van der Waals surface area contributed by atoms with Gasteiger partial charge in [0, 0.05) is 15.8 Å². The van der Waals surface area contributed by atoms with Crippen molar-refractivity contribution in [1.29, 1.82) is 0 Å². The average Bonchev–Trinajstić information content (AvgIpc) is 2.92. The van der Waals surface area contributed by atoms with Crippen LogP contribution in [0.15, 0.2) is 6.07 Å². The van der Waals surface area contributed by atoms with Crippen molar-refractivity contribution in [2.75, 3.05) is 6.54 Å². The molecule has 1 atom stereocenters. The molecule has 3 rings (SSSR count). The van der Waals surface area contributed by atoms with Crippen LogP contribution in [0.5, 0.6) is 0 Å². The van der Waals surface area contributed by atoms with Crippen LogP contribution < -0.4 is 5.32 Å². The van der Waals surface area contributed by atoms with E-state index in [2.05, 4.69) is 29.6 Å². The number of fused-ring (bicyclic) bond motifs is 1. The van der Waals surface area contributed by atoms with Crippen molar-refractivity contribution in [3.05, 3.63) is 21.4 Å². The van der Waals surface area contributed by atoms with Crippen LogP contribution in [0.25, 0.3) is 0 Å². The highest BCUT2D eigenvalue weighted by Gasteiger charge is 2.17. The van der Waals surface area contributed by atoms with E-state index in [0.29, 0.717) is 6.04 Å². The molecule has 1 fully saturated rings. The molecule has 2 heteroatoms. The van der Waals surface area contributed by atoms with Gasteiger partial charge >= 0.3 is 0 Å². The second kappa shape index (κ2) is 7.09. The molecule has 0 aromatic carbocycles. The van der Waals surface area contributed by atoms with Crippen molar-refractivity contribution in [2.45, 2.75) is 77.2 Å². The molecule has 2 aliphatic rings. The lowest BCUT2D eigenvalue weighted by molar-refractivity contribution is 0.330. The van der Waals surface area contributed by atoms with Gasteiger partial charge in [0.05, 0.1) is 0 Å². The minimum absolute atomic E-state index is 0.550. The molecule has 0 bridgehead atoms. The predicted molar refractivity (Wildman–Crippen MR) is 88.6 cm³/mol. The van der Waals surface area contributed by atoms with E-state index >= 15 is 0 Å². The smallest absolute Gasteiger partial charge is 0.0386 e. The molecule has 0 radical (unpaired) electrons. The van der Waals surface area contributed by atoms with Gasteiger partial charge in [-0.05, 0) is 63.1 Å². The summed E-state index contributed by atoms with van der Waals surface area (Å²) in [7, 11) is 0. The molecule has 1 unspecified atom stereocenters. The quantitative estimate of drug-likeness (QED) is 0.781. The van der Waals surface area contributed by atoms with Crippen LogP contribution in [0.3, 0.4) is 0 Å². The van der Waals surface area contributed by atoms with Crippen LogP contribution in [0.1, 0.15) is 79.6 Å². The summed E-state index contributed by atoms with van der Waals surface area (Å²) in [5.41, 5.74) is 1.65. The summed E-state index contributed by atoms with van der Waals surface area (Å²) in [4.78, 5) is 3.24. The molecular weight excluding hydrogens is 262 g/mol. The van der Waals surface area contributed by atoms with Gasteiger partial charge in [0.25, 0.3) is 0 Å². The van der Waals surface area contributed by atoms with Crippen LogP contribution in [0.4, 0.5) is 0 Å². The van der Waals surface area contributed by atoms with Gasteiger partial charge in [0.2, 0.25) is 0 Å². The first-order chi connectivity index (χ1) is 9.83. The van der Waals surface area contributed by atoms with E-state index in [1.165, 1.54) is 70.8 Å². The Bertz CT molecular complexity index is 394. The predicted octanol–water partition coefficient (Wildman–Crippen LogP) is 5.25. The van der Waals surface area contributed by atoms with E-state index in [9.17, 15) is 0 Å². The molecule has 1 N–H and O–H groups in total. The summed E-state index contributed by atoms with van der Waals surface area (Å²) in [6.07, 6.45) is 14.2. The summed E-state index contributed by atoms with van der Waals surface area (Å²) in [6, 6.07) is 3.03. The molecule has 0 spiro atoms. The third-order valence-corrected chi connectivity index (χ3v) is 6.59. The van der Waals surface area contributed by atoms with Crippen molar-refractivity contribution in [3.8, 4) is 0 Å². The fourth-order valence-corrected chi connectivity index (χ4v) is 5.09. The molecular formula is C18H29NS. The van der Waals surface area contributed by atoms with Crippen molar-refractivity contribution >= 4 is 11.3 Å². The lowest BCUT2D eigenvalue weighted by atomic mass is 9.87. The number of hydrogen-bond donors (Lipinski definition) is 1. The van der Waals surface area contributed by atoms with Gasteiger partial charge in [-0.2, -0.15) is 0 Å². The lowest BCUT2D eigenvalue weighted by Crippen LogP contribution is -2.22. The van der Waals surface area contributed by atoms with Crippen LogP contribution in [-0.2, 0) is 12.8 Å². The topological polar surface area (TPSA) is 12.0 Å². The normalized spacial score (nSPS) is 21.6. The van der Waals surface area contributed by atoms with Gasteiger partial charge in [-0.15, -0.1) is 11.3 Å². The molecule has 1 heterocycles. The van der Waals surface area contributed by atoms with Gasteiger partial charge in [-0.25, -0.2) is 0 Å². The maximum Gasteiger partial charge on any atom is 0.0386 e. The first kappa shape index (κ1) is 14.6. The maximum atomic E-state index is 3.77. The van der Waals surface area contributed by atoms with E-state index in [0.717, 1.165) is 5.92 Å². The second-order valence-corrected chi connectivity index (χ2v) is 7.94. The van der Waals surface area contributed by atoms with Crippen molar-refractivity contribution < 1.29 is 0 Å². The monoisotopic (exact) mass is 291 g/mol. The minimum Gasteiger partial charge on any atom is -0.309 e. The maximum absolute atomic E-state index is 3.77. The Morgan fingerprint density at radius 2 is 1.95 bits per heavy atom. The third-order valence-electron chi connectivity index (χ3n) is 5.17. The van der Waals surface area contributed by atoms with Crippen LogP contribution in [0, 0.1) is 5.92 Å². The molecule has 1 nitrogen and oxygen atoms in total. The lowest BCUT2D eigenvalue weighted by Gasteiger charge is -2.22. The summed E-state index contributed by atoms with van der Waals surface area (Å²) in [6.45, 7) is 3.55. The van der Waals surface area contributed by atoms with Crippen molar-refractivity contribution in [2.24, 2.45) is 5.92 Å². The minimum atomic E-state index is 0.550. The zero-order valence-corrected chi connectivity index (χ0v) is 13.7. The summed E-state index contributed by atoms with van der Waals surface area (Å²) < 4.78 is 0. The Hall–Kier alpha value is -0.340. The highest BCUT2D eigenvalue weighted by Crippen LogP contribution is 2.33.